The molecule has 1 heterocycles. The Morgan fingerprint density at radius 3 is 2.29 bits per heavy atom. The molecule has 2 nitrogen and oxygen atoms in total. The summed E-state index contributed by atoms with van der Waals surface area (Å²) in [5.41, 5.74) is 7.34. The third-order valence-corrected chi connectivity index (χ3v) is 3.44. The lowest BCUT2D eigenvalue weighted by Crippen LogP contribution is -2.45. The molecule has 0 bridgehead atoms. The number of nitrogens with zero attached hydrogens (tertiary/aromatic N) is 1. The minimum Gasteiger partial charge on any atom is -0.324 e. The molecule has 0 amide bonds. The van der Waals surface area contributed by atoms with E-state index in [0.717, 1.165) is 0 Å². The van der Waals surface area contributed by atoms with Crippen LogP contribution >= 0.6 is 11.3 Å². The smallest absolute Gasteiger partial charge is 0.0614 e. The maximum atomic E-state index is 6.21. The number of hydrogen-bond acceptors (Lipinski definition) is 3. The molecule has 80 valence electrons. The van der Waals surface area contributed by atoms with Gasteiger partial charge in [0, 0.05) is 10.4 Å². The van der Waals surface area contributed by atoms with Crippen molar-refractivity contribution in [3.05, 3.63) is 21.9 Å². The molecule has 0 radical (unpaired) electrons. The van der Waals surface area contributed by atoms with Crippen LogP contribution in [-0.2, 0) is 0 Å². The van der Waals surface area contributed by atoms with Gasteiger partial charge in [0.15, 0.2) is 0 Å². The molecule has 0 spiro atoms. The van der Waals surface area contributed by atoms with E-state index >= 15 is 0 Å². The molecular formula is C11H20N2S. The molecule has 1 aromatic heterocycles. The van der Waals surface area contributed by atoms with Crippen molar-refractivity contribution in [1.82, 2.24) is 4.90 Å². The van der Waals surface area contributed by atoms with Crippen molar-refractivity contribution in [3.8, 4) is 0 Å². The Hall–Kier alpha value is -0.380. The molecule has 0 aliphatic carbocycles. The fraction of sp³-hybridized carbons (Fsp3) is 0.636. The summed E-state index contributed by atoms with van der Waals surface area (Å²) in [5, 5.41) is 2.13. The Morgan fingerprint density at radius 1 is 1.43 bits per heavy atom. The van der Waals surface area contributed by atoms with Crippen LogP contribution in [-0.4, -0.2) is 24.5 Å². The van der Waals surface area contributed by atoms with Gasteiger partial charge in [-0.25, -0.2) is 0 Å². The number of nitrogens with two attached hydrogens (primary N) is 1. The van der Waals surface area contributed by atoms with E-state index in [1.165, 1.54) is 10.4 Å². The number of hydrogen-bond donors (Lipinski definition) is 1. The van der Waals surface area contributed by atoms with E-state index in [1.807, 2.05) is 0 Å². The normalized spacial score (nSPS) is 14.8. The van der Waals surface area contributed by atoms with Gasteiger partial charge in [0.2, 0.25) is 0 Å². The van der Waals surface area contributed by atoms with Crippen LogP contribution in [0.25, 0.3) is 0 Å². The zero-order chi connectivity index (χ0) is 10.9. The maximum Gasteiger partial charge on any atom is 0.0614 e. The Morgan fingerprint density at radius 2 is 2.00 bits per heavy atom. The molecule has 0 aromatic carbocycles. The van der Waals surface area contributed by atoms with Gasteiger partial charge in [0.25, 0.3) is 0 Å². The van der Waals surface area contributed by atoms with Crippen LogP contribution in [0.15, 0.2) is 11.4 Å². The summed E-state index contributed by atoms with van der Waals surface area (Å²) in [6.07, 6.45) is 0. The molecule has 1 unspecified atom stereocenters. The summed E-state index contributed by atoms with van der Waals surface area (Å²) in [6.45, 7) is 6.31. The first-order valence-electron chi connectivity index (χ1n) is 4.83. The first kappa shape index (κ1) is 11.7. The summed E-state index contributed by atoms with van der Waals surface area (Å²) in [5.74, 6) is 0. The molecule has 1 aromatic rings. The number of rotatable bonds is 3. The van der Waals surface area contributed by atoms with E-state index in [0.29, 0.717) is 6.04 Å². The second-order valence-electron chi connectivity index (χ2n) is 4.66. The summed E-state index contributed by atoms with van der Waals surface area (Å²) in [4.78, 5) is 3.57. The van der Waals surface area contributed by atoms with Crippen LogP contribution in [0, 0.1) is 6.92 Å². The maximum absolute atomic E-state index is 6.21. The van der Waals surface area contributed by atoms with E-state index < -0.39 is 0 Å². The van der Waals surface area contributed by atoms with Crippen LogP contribution < -0.4 is 5.73 Å². The minimum atomic E-state index is -0.209. The van der Waals surface area contributed by atoms with Crippen molar-refractivity contribution >= 4 is 11.3 Å². The van der Waals surface area contributed by atoms with E-state index in [-0.39, 0.29) is 5.54 Å². The largest absolute Gasteiger partial charge is 0.324 e. The van der Waals surface area contributed by atoms with Gasteiger partial charge in [-0.05, 0) is 51.9 Å². The molecule has 1 rings (SSSR count). The van der Waals surface area contributed by atoms with Crippen LogP contribution in [0.4, 0.5) is 0 Å². The van der Waals surface area contributed by atoms with Crippen LogP contribution in [0.2, 0.25) is 0 Å². The molecule has 1 atom stereocenters. The second-order valence-corrected chi connectivity index (χ2v) is 5.60. The number of likely N-dealkylation sites (N-methyl/N-ethyl adjacent to an activating group) is 1. The Balaban J connectivity index is 3.08. The molecule has 0 aliphatic rings. The number of thiophene rings is 1. The fourth-order valence-electron chi connectivity index (χ4n) is 1.90. The summed E-state index contributed by atoms with van der Waals surface area (Å²) < 4.78 is 0. The van der Waals surface area contributed by atoms with Gasteiger partial charge >= 0.3 is 0 Å². The van der Waals surface area contributed by atoms with Crippen LogP contribution in [0.1, 0.15) is 30.3 Å². The Bertz CT molecular complexity index is 296. The van der Waals surface area contributed by atoms with Crippen molar-refractivity contribution < 1.29 is 0 Å². The average molecular weight is 212 g/mol. The summed E-state index contributed by atoms with van der Waals surface area (Å²) in [7, 11) is 4.16. The monoisotopic (exact) mass is 212 g/mol. The SMILES string of the molecule is Cc1ccsc1C(N(C)C)C(C)(C)N. The zero-order valence-corrected chi connectivity index (χ0v) is 10.5. The highest BCUT2D eigenvalue weighted by molar-refractivity contribution is 7.10. The first-order chi connectivity index (χ1) is 6.34. The molecule has 0 saturated carbocycles. The van der Waals surface area contributed by atoms with Crippen molar-refractivity contribution in [2.24, 2.45) is 5.73 Å². The summed E-state index contributed by atoms with van der Waals surface area (Å²) >= 11 is 1.79. The van der Waals surface area contributed by atoms with Crippen molar-refractivity contribution in [1.29, 1.82) is 0 Å². The van der Waals surface area contributed by atoms with Crippen LogP contribution in [0.5, 0.6) is 0 Å². The van der Waals surface area contributed by atoms with Gasteiger partial charge in [-0.15, -0.1) is 11.3 Å². The lowest BCUT2D eigenvalue weighted by molar-refractivity contribution is 0.208. The first-order valence-corrected chi connectivity index (χ1v) is 5.71. The third kappa shape index (κ3) is 2.35. The van der Waals surface area contributed by atoms with Gasteiger partial charge < -0.3 is 10.6 Å². The zero-order valence-electron chi connectivity index (χ0n) is 9.66. The predicted molar refractivity (Wildman–Crippen MR) is 63.8 cm³/mol. The van der Waals surface area contributed by atoms with Gasteiger partial charge in [-0.1, -0.05) is 0 Å². The molecule has 14 heavy (non-hydrogen) atoms. The van der Waals surface area contributed by atoms with Gasteiger partial charge in [0.1, 0.15) is 0 Å². The predicted octanol–water partition coefficient (Wildman–Crippen LogP) is 2.40. The van der Waals surface area contributed by atoms with E-state index in [4.69, 9.17) is 5.73 Å². The highest BCUT2D eigenvalue weighted by Gasteiger charge is 2.30. The Labute approximate surface area is 90.7 Å². The van der Waals surface area contributed by atoms with E-state index in [9.17, 15) is 0 Å². The molecule has 2 N–H and O–H groups in total. The quantitative estimate of drug-likeness (QED) is 0.833. The minimum absolute atomic E-state index is 0.209. The molecule has 0 saturated heterocycles. The molecule has 0 fully saturated rings. The second kappa shape index (κ2) is 4.01. The van der Waals surface area contributed by atoms with Crippen molar-refractivity contribution in [2.45, 2.75) is 32.4 Å². The summed E-state index contributed by atoms with van der Waals surface area (Å²) in [6, 6.07) is 2.45. The van der Waals surface area contributed by atoms with Crippen molar-refractivity contribution in [3.63, 3.8) is 0 Å². The van der Waals surface area contributed by atoms with E-state index in [2.05, 4.69) is 51.2 Å². The Kier molecular flexibility index (Phi) is 3.35. The van der Waals surface area contributed by atoms with Gasteiger partial charge in [-0.3, -0.25) is 0 Å². The molecule has 0 aliphatic heterocycles. The lowest BCUT2D eigenvalue weighted by Gasteiger charge is -2.35. The van der Waals surface area contributed by atoms with Crippen LogP contribution in [0.3, 0.4) is 0 Å². The lowest BCUT2D eigenvalue weighted by atomic mass is 9.92. The highest BCUT2D eigenvalue weighted by atomic mass is 32.1. The topological polar surface area (TPSA) is 29.3 Å². The standard InChI is InChI=1S/C11H20N2S/c1-8-6-7-14-9(8)10(13(4)5)11(2,3)12/h6-7,10H,12H2,1-5H3. The average Bonchev–Trinajstić information content (AvgIpc) is 2.32. The van der Waals surface area contributed by atoms with Crippen molar-refractivity contribution in [2.75, 3.05) is 14.1 Å². The number of aryl methyl sites for hydroxylation is 1. The molecule has 3 heteroatoms. The third-order valence-electron chi connectivity index (χ3n) is 2.37. The molecular weight excluding hydrogens is 192 g/mol. The fourth-order valence-corrected chi connectivity index (χ4v) is 3.22. The van der Waals surface area contributed by atoms with E-state index in [1.54, 1.807) is 11.3 Å². The highest BCUT2D eigenvalue weighted by Crippen LogP contribution is 2.33. The van der Waals surface area contributed by atoms with Gasteiger partial charge in [0.05, 0.1) is 6.04 Å². The van der Waals surface area contributed by atoms with Gasteiger partial charge in [-0.2, -0.15) is 0 Å².